The lowest BCUT2D eigenvalue weighted by molar-refractivity contribution is -0.274. The number of fused-ring (bicyclic) bond motifs is 1. The van der Waals surface area contributed by atoms with Gasteiger partial charge >= 0.3 is 12.3 Å². The predicted molar refractivity (Wildman–Crippen MR) is 209 cm³/mol. The van der Waals surface area contributed by atoms with E-state index in [2.05, 4.69) is 29.7 Å². The van der Waals surface area contributed by atoms with Gasteiger partial charge in [0.15, 0.2) is 6.10 Å². The largest absolute Gasteiger partial charge is 0.573 e. The third-order valence-electron chi connectivity index (χ3n) is 9.78. The Labute approximate surface area is 321 Å². The first-order valence-corrected chi connectivity index (χ1v) is 18.4. The average molecular weight is 764 g/mol. The number of halogens is 3. The smallest absolute Gasteiger partial charge is 0.490 e. The second-order valence-corrected chi connectivity index (χ2v) is 15.2. The molecule has 0 N–H and O–H groups in total. The number of hydrogen-bond acceptors (Lipinski definition) is 8. The number of imidazole rings is 1. The lowest BCUT2D eigenvalue weighted by Crippen LogP contribution is -2.45. The number of carbonyl (C=O) groups is 1. The molecule has 1 aliphatic heterocycles. The number of aryl methyl sites for hydroxylation is 1. The summed E-state index contributed by atoms with van der Waals surface area (Å²) in [7, 11) is 1.36. The molecule has 1 fully saturated rings. The molecule has 2 atom stereocenters. The maximum absolute atomic E-state index is 13.6. The van der Waals surface area contributed by atoms with Crippen molar-refractivity contribution < 1.29 is 41.7 Å². The SMILES string of the molecule is C=CCOC1(C)CCN(c2c([C@H](OC(C)(C)C)C(=O)OC)c(C)c(C)c3nc(-c4cccc(-c5cc(OC(F)(F)F)ccc5O[C@@H](C)CC=C)c4)cn23)CC1. The lowest BCUT2D eigenvalue weighted by Gasteiger charge is -2.41. The number of carbonyl (C=O) groups excluding carboxylic acids is 1. The number of rotatable bonds is 14. The normalized spacial score (nSPS) is 15.7. The molecule has 2 aromatic heterocycles. The summed E-state index contributed by atoms with van der Waals surface area (Å²) in [5.41, 5.74) is 4.43. The van der Waals surface area contributed by atoms with Gasteiger partial charge in [0.05, 0.1) is 36.7 Å². The Hall–Kier alpha value is -4.81. The van der Waals surface area contributed by atoms with Gasteiger partial charge in [-0.3, -0.25) is 4.40 Å². The van der Waals surface area contributed by atoms with Crippen molar-refractivity contribution in [2.24, 2.45) is 0 Å². The highest BCUT2D eigenvalue weighted by Crippen LogP contribution is 2.42. The second kappa shape index (κ2) is 16.5. The van der Waals surface area contributed by atoms with Gasteiger partial charge in [-0.2, -0.15) is 0 Å². The molecular formula is C43H52F3N3O6. The van der Waals surface area contributed by atoms with Crippen LogP contribution < -0.4 is 14.4 Å². The minimum atomic E-state index is -4.86. The molecule has 1 saturated heterocycles. The van der Waals surface area contributed by atoms with Gasteiger partial charge < -0.3 is 28.6 Å². The van der Waals surface area contributed by atoms with Gasteiger partial charge in [0.1, 0.15) is 23.0 Å². The van der Waals surface area contributed by atoms with Crippen LogP contribution in [0.25, 0.3) is 28.0 Å². The van der Waals surface area contributed by atoms with Gasteiger partial charge in [0.2, 0.25) is 0 Å². The van der Waals surface area contributed by atoms with Crippen molar-refractivity contribution in [3.8, 4) is 33.9 Å². The zero-order chi connectivity index (χ0) is 40.3. The number of hydrogen-bond donors (Lipinski definition) is 0. The zero-order valence-electron chi connectivity index (χ0n) is 33.0. The number of esters is 1. The van der Waals surface area contributed by atoms with Crippen LogP contribution in [0.15, 0.2) is 74.0 Å². The molecule has 0 bridgehead atoms. The molecule has 0 spiro atoms. The molecule has 12 heteroatoms. The third-order valence-corrected chi connectivity index (χ3v) is 9.78. The van der Waals surface area contributed by atoms with E-state index < -0.39 is 24.0 Å². The highest BCUT2D eigenvalue weighted by atomic mass is 19.4. The topological polar surface area (TPSA) is 83.8 Å². The first-order valence-electron chi connectivity index (χ1n) is 18.4. The molecular weight excluding hydrogens is 711 g/mol. The molecule has 5 rings (SSSR count). The molecule has 0 aliphatic carbocycles. The van der Waals surface area contributed by atoms with E-state index in [1.54, 1.807) is 18.2 Å². The minimum Gasteiger partial charge on any atom is -0.490 e. The molecule has 3 heterocycles. The fraction of sp³-hybridized carbons (Fsp3) is 0.442. The second-order valence-electron chi connectivity index (χ2n) is 15.2. The van der Waals surface area contributed by atoms with E-state index in [0.717, 1.165) is 35.3 Å². The summed E-state index contributed by atoms with van der Waals surface area (Å²) in [5, 5.41) is 0. The molecule has 55 heavy (non-hydrogen) atoms. The number of alkyl halides is 3. The first-order chi connectivity index (χ1) is 25.9. The number of anilines is 1. The van der Waals surface area contributed by atoms with Crippen LogP contribution >= 0.6 is 0 Å². The van der Waals surface area contributed by atoms with Crippen molar-refractivity contribution in [3.63, 3.8) is 0 Å². The number of nitrogens with zero attached hydrogens (tertiary/aromatic N) is 3. The van der Waals surface area contributed by atoms with Crippen molar-refractivity contribution in [1.82, 2.24) is 9.38 Å². The minimum absolute atomic E-state index is 0.275. The molecule has 296 valence electrons. The number of benzene rings is 2. The molecule has 0 saturated carbocycles. The maximum Gasteiger partial charge on any atom is 0.573 e. The Kier molecular flexibility index (Phi) is 12.4. The van der Waals surface area contributed by atoms with Gasteiger partial charge in [-0.1, -0.05) is 30.4 Å². The Morgan fingerprint density at radius 3 is 2.33 bits per heavy atom. The van der Waals surface area contributed by atoms with Crippen LogP contribution in [-0.4, -0.2) is 65.8 Å². The van der Waals surface area contributed by atoms with E-state index in [9.17, 15) is 18.0 Å². The van der Waals surface area contributed by atoms with Crippen LogP contribution in [0.5, 0.6) is 11.5 Å². The average Bonchev–Trinajstić information content (AvgIpc) is 3.57. The Morgan fingerprint density at radius 2 is 1.71 bits per heavy atom. The Bertz CT molecular complexity index is 2020. The molecule has 1 aliphatic rings. The van der Waals surface area contributed by atoms with Crippen LogP contribution in [0.4, 0.5) is 19.0 Å². The maximum atomic E-state index is 13.6. The first kappa shape index (κ1) is 41.4. The molecule has 2 aromatic carbocycles. The van der Waals surface area contributed by atoms with Crippen LogP contribution in [-0.2, 0) is 19.0 Å². The van der Waals surface area contributed by atoms with E-state index in [-0.39, 0.29) is 17.5 Å². The van der Waals surface area contributed by atoms with Crippen LogP contribution in [0, 0.1) is 13.8 Å². The summed E-state index contributed by atoms with van der Waals surface area (Å²) >= 11 is 0. The molecule has 9 nitrogen and oxygen atoms in total. The summed E-state index contributed by atoms with van der Waals surface area (Å²) in [5.74, 6) is 0.288. The van der Waals surface area contributed by atoms with Crippen molar-refractivity contribution in [3.05, 3.63) is 90.7 Å². The van der Waals surface area contributed by atoms with Crippen molar-refractivity contribution in [2.75, 3.05) is 31.7 Å². The van der Waals surface area contributed by atoms with E-state index >= 15 is 0 Å². The zero-order valence-corrected chi connectivity index (χ0v) is 33.0. The number of pyridine rings is 1. The van der Waals surface area contributed by atoms with E-state index in [0.29, 0.717) is 59.9 Å². The van der Waals surface area contributed by atoms with Gasteiger partial charge in [-0.15, -0.1) is 26.3 Å². The van der Waals surface area contributed by atoms with E-state index in [1.165, 1.54) is 25.3 Å². The highest BCUT2D eigenvalue weighted by Gasteiger charge is 2.38. The molecule has 0 unspecified atom stereocenters. The Morgan fingerprint density at radius 1 is 1.02 bits per heavy atom. The predicted octanol–water partition coefficient (Wildman–Crippen LogP) is 10.1. The summed E-state index contributed by atoms with van der Waals surface area (Å²) in [6, 6.07) is 11.4. The summed E-state index contributed by atoms with van der Waals surface area (Å²) in [6.45, 7) is 22.9. The van der Waals surface area contributed by atoms with Gasteiger partial charge in [0.25, 0.3) is 0 Å². The molecule has 0 amide bonds. The van der Waals surface area contributed by atoms with Crippen molar-refractivity contribution in [2.45, 2.75) is 97.5 Å². The van der Waals surface area contributed by atoms with Crippen LogP contribution in [0.3, 0.4) is 0 Å². The summed E-state index contributed by atoms with van der Waals surface area (Å²) < 4.78 is 70.3. The Balaban J connectivity index is 1.69. The lowest BCUT2D eigenvalue weighted by atomic mass is 9.92. The third kappa shape index (κ3) is 9.71. The standard InChI is InChI=1S/C43H52F3N3O6/c1-11-14-27(3)53-35-18-17-32(54-43(44,45)46)25-33(35)30-15-13-16-31(24-30)34-26-49-38(47-34)29(5)28(4)36(37(40(50)51-10)55-41(6,7)8)39(49)48-21-19-42(9,20-22-48)52-23-12-2/h11-13,15-18,24-27,37H,1-2,14,19-23H2,3-10H3/t27-,37-/m0/s1. The van der Waals surface area contributed by atoms with Crippen molar-refractivity contribution in [1.29, 1.82) is 0 Å². The van der Waals surface area contributed by atoms with Gasteiger partial charge in [-0.05, 0) is 102 Å². The van der Waals surface area contributed by atoms with Crippen molar-refractivity contribution >= 4 is 17.4 Å². The number of ether oxygens (including phenoxy) is 5. The van der Waals surface area contributed by atoms with E-state index in [1.807, 2.05) is 70.3 Å². The molecule has 4 aromatic rings. The summed E-state index contributed by atoms with van der Waals surface area (Å²) in [4.78, 5) is 20.9. The highest BCUT2D eigenvalue weighted by molar-refractivity contribution is 5.83. The quantitative estimate of drug-likeness (QED) is 0.0928. The van der Waals surface area contributed by atoms with Crippen LogP contribution in [0.1, 0.15) is 76.7 Å². The molecule has 0 radical (unpaired) electrons. The monoisotopic (exact) mass is 763 g/mol. The fourth-order valence-electron chi connectivity index (χ4n) is 6.91. The van der Waals surface area contributed by atoms with Gasteiger partial charge in [-0.25, -0.2) is 9.78 Å². The number of methoxy groups -OCH3 is 1. The van der Waals surface area contributed by atoms with Gasteiger partial charge in [0, 0.05) is 42.4 Å². The number of aromatic nitrogens is 2. The summed E-state index contributed by atoms with van der Waals surface area (Å²) in [6.07, 6.45) is 1.24. The fourth-order valence-corrected chi connectivity index (χ4v) is 6.91. The number of piperidine rings is 1. The van der Waals surface area contributed by atoms with E-state index in [4.69, 9.17) is 23.9 Å². The van der Waals surface area contributed by atoms with Crippen LogP contribution in [0.2, 0.25) is 0 Å².